The van der Waals surface area contributed by atoms with Crippen LogP contribution in [0.4, 0.5) is 13.2 Å². The molecule has 0 unspecified atom stereocenters. The van der Waals surface area contributed by atoms with Crippen molar-refractivity contribution in [3.8, 4) is 11.4 Å². The molecule has 0 spiro atoms. The Morgan fingerprint density at radius 3 is 2.48 bits per heavy atom. The summed E-state index contributed by atoms with van der Waals surface area (Å²) in [6.45, 7) is 0. The van der Waals surface area contributed by atoms with Gasteiger partial charge in [0.25, 0.3) is 0 Å². The smallest absolute Gasteiger partial charge is 0.345 e. The topological polar surface area (TPSA) is 68.0 Å². The highest BCUT2D eigenvalue weighted by Crippen LogP contribution is 2.30. The van der Waals surface area contributed by atoms with Crippen molar-refractivity contribution in [1.82, 2.24) is 15.5 Å². The maximum atomic E-state index is 12.5. The van der Waals surface area contributed by atoms with Crippen LogP contribution in [-0.4, -0.2) is 22.1 Å². The molecular weight excluding hydrogens is 287 g/mol. The number of carbonyl (C=O) groups excluding carboxylic acids is 1. The van der Waals surface area contributed by atoms with Crippen molar-refractivity contribution in [2.45, 2.75) is 25.1 Å². The zero-order chi connectivity index (χ0) is 15.0. The second-order valence-corrected chi connectivity index (χ2v) is 4.75. The number of benzene rings is 1. The molecule has 1 N–H and O–H groups in total. The van der Waals surface area contributed by atoms with E-state index in [2.05, 4.69) is 15.5 Å². The number of halogens is 3. The second kappa shape index (κ2) is 4.87. The third-order valence-electron chi connectivity index (χ3n) is 3.00. The van der Waals surface area contributed by atoms with E-state index < -0.39 is 17.6 Å². The molecular formula is C13H10F3N3O2. The third kappa shape index (κ3) is 3.04. The summed E-state index contributed by atoms with van der Waals surface area (Å²) in [5, 5.41) is 6.28. The number of rotatable bonds is 3. The van der Waals surface area contributed by atoms with Gasteiger partial charge in [0.1, 0.15) is 0 Å². The lowest BCUT2D eigenvalue weighted by Crippen LogP contribution is -2.25. The first kappa shape index (κ1) is 13.6. The van der Waals surface area contributed by atoms with Gasteiger partial charge in [0.05, 0.1) is 5.56 Å². The van der Waals surface area contributed by atoms with E-state index in [0.29, 0.717) is 5.56 Å². The van der Waals surface area contributed by atoms with Crippen LogP contribution in [0.1, 0.15) is 29.1 Å². The first-order valence-corrected chi connectivity index (χ1v) is 6.26. The molecule has 0 radical (unpaired) electrons. The van der Waals surface area contributed by atoms with Crippen molar-refractivity contribution < 1.29 is 22.5 Å². The molecule has 0 aliphatic heterocycles. The van der Waals surface area contributed by atoms with Crippen molar-refractivity contribution in [3.05, 3.63) is 35.7 Å². The van der Waals surface area contributed by atoms with Gasteiger partial charge in [-0.2, -0.15) is 18.2 Å². The Labute approximate surface area is 117 Å². The quantitative estimate of drug-likeness (QED) is 0.945. The van der Waals surface area contributed by atoms with Crippen LogP contribution in [0, 0.1) is 0 Å². The van der Waals surface area contributed by atoms with Gasteiger partial charge in [-0.15, -0.1) is 0 Å². The minimum Gasteiger partial charge on any atom is -0.345 e. The van der Waals surface area contributed by atoms with Crippen LogP contribution in [0.15, 0.2) is 28.8 Å². The fraction of sp³-hybridized carbons (Fsp3) is 0.308. The predicted molar refractivity (Wildman–Crippen MR) is 65.2 cm³/mol. The van der Waals surface area contributed by atoms with E-state index in [1.807, 2.05) is 0 Å². The number of hydrogen-bond donors (Lipinski definition) is 1. The monoisotopic (exact) mass is 297 g/mol. The molecule has 0 bridgehead atoms. The van der Waals surface area contributed by atoms with Gasteiger partial charge in [-0.1, -0.05) is 17.3 Å². The summed E-state index contributed by atoms with van der Waals surface area (Å²) in [6, 6.07) is 4.47. The van der Waals surface area contributed by atoms with E-state index >= 15 is 0 Å². The molecule has 1 aliphatic rings. The number of amides is 1. The summed E-state index contributed by atoms with van der Waals surface area (Å²) >= 11 is 0. The molecule has 1 heterocycles. The van der Waals surface area contributed by atoms with Crippen LogP contribution in [0.2, 0.25) is 0 Å². The SMILES string of the molecule is O=C(NC1CC1)c1nc(-c2ccc(C(F)(F)F)cc2)no1. The normalized spacial score (nSPS) is 15.0. The van der Waals surface area contributed by atoms with Gasteiger partial charge in [-0.25, -0.2) is 0 Å². The number of nitrogens with one attached hydrogen (secondary N) is 1. The van der Waals surface area contributed by atoms with Crippen LogP contribution in [-0.2, 0) is 6.18 Å². The number of hydrogen-bond acceptors (Lipinski definition) is 4. The molecule has 3 rings (SSSR count). The molecule has 1 aliphatic carbocycles. The van der Waals surface area contributed by atoms with E-state index in [1.165, 1.54) is 12.1 Å². The summed E-state index contributed by atoms with van der Waals surface area (Å²) < 4.78 is 42.2. The van der Waals surface area contributed by atoms with Crippen molar-refractivity contribution in [2.24, 2.45) is 0 Å². The van der Waals surface area contributed by atoms with Gasteiger partial charge in [0.2, 0.25) is 5.82 Å². The maximum Gasteiger partial charge on any atom is 0.416 e. The highest BCUT2D eigenvalue weighted by atomic mass is 19.4. The van der Waals surface area contributed by atoms with Crippen LogP contribution in [0.3, 0.4) is 0 Å². The molecule has 1 fully saturated rings. The first-order valence-electron chi connectivity index (χ1n) is 6.26. The molecule has 0 saturated heterocycles. The Morgan fingerprint density at radius 1 is 1.24 bits per heavy atom. The van der Waals surface area contributed by atoms with Crippen LogP contribution < -0.4 is 5.32 Å². The van der Waals surface area contributed by atoms with Crippen molar-refractivity contribution in [3.63, 3.8) is 0 Å². The lowest BCUT2D eigenvalue weighted by Gasteiger charge is -2.05. The van der Waals surface area contributed by atoms with E-state index in [-0.39, 0.29) is 17.8 Å². The molecule has 1 amide bonds. The largest absolute Gasteiger partial charge is 0.416 e. The molecule has 8 heteroatoms. The van der Waals surface area contributed by atoms with Crippen LogP contribution >= 0.6 is 0 Å². The molecule has 1 aromatic carbocycles. The van der Waals surface area contributed by atoms with Gasteiger partial charge in [-0.05, 0) is 25.0 Å². The Morgan fingerprint density at radius 2 is 1.90 bits per heavy atom. The molecule has 1 aromatic heterocycles. The molecule has 1 saturated carbocycles. The van der Waals surface area contributed by atoms with Gasteiger partial charge in [-0.3, -0.25) is 4.79 Å². The Bertz CT molecular complexity index is 660. The highest BCUT2D eigenvalue weighted by molar-refractivity contribution is 5.90. The number of nitrogens with zero attached hydrogens (tertiary/aromatic N) is 2. The summed E-state index contributed by atoms with van der Waals surface area (Å²) in [5.41, 5.74) is -0.418. The zero-order valence-corrected chi connectivity index (χ0v) is 10.6. The Hall–Kier alpha value is -2.38. The summed E-state index contributed by atoms with van der Waals surface area (Å²) in [4.78, 5) is 15.6. The number of aromatic nitrogens is 2. The fourth-order valence-electron chi connectivity index (χ4n) is 1.72. The van der Waals surface area contributed by atoms with Crippen LogP contribution in [0.5, 0.6) is 0 Å². The maximum absolute atomic E-state index is 12.5. The van der Waals surface area contributed by atoms with Crippen LogP contribution in [0.25, 0.3) is 11.4 Å². The summed E-state index contributed by atoms with van der Waals surface area (Å²) in [7, 11) is 0. The Balaban J connectivity index is 1.77. The summed E-state index contributed by atoms with van der Waals surface area (Å²) in [6.07, 6.45) is -2.55. The lowest BCUT2D eigenvalue weighted by atomic mass is 10.1. The van der Waals surface area contributed by atoms with Gasteiger partial charge in [0.15, 0.2) is 0 Å². The average molecular weight is 297 g/mol. The first-order chi connectivity index (χ1) is 9.93. The fourth-order valence-corrected chi connectivity index (χ4v) is 1.72. The molecule has 2 aromatic rings. The molecule has 5 nitrogen and oxygen atoms in total. The average Bonchev–Trinajstić information content (AvgIpc) is 3.11. The number of carbonyl (C=O) groups is 1. The van der Waals surface area contributed by atoms with E-state index in [0.717, 1.165) is 25.0 Å². The lowest BCUT2D eigenvalue weighted by molar-refractivity contribution is -0.137. The molecule has 0 atom stereocenters. The highest BCUT2D eigenvalue weighted by Gasteiger charge is 2.30. The van der Waals surface area contributed by atoms with Crippen molar-refractivity contribution in [2.75, 3.05) is 0 Å². The van der Waals surface area contributed by atoms with Gasteiger partial charge < -0.3 is 9.84 Å². The van der Waals surface area contributed by atoms with E-state index in [1.54, 1.807) is 0 Å². The van der Waals surface area contributed by atoms with Gasteiger partial charge in [0, 0.05) is 11.6 Å². The third-order valence-corrected chi connectivity index (χ3v) is 3.00. The summed E-state index contributed by atoms with van der Waals surface area (Å²) in [5.74, 6) is -0.593. The van der Waals surface area contributed by atoms with E-state index in [4.69, 9.17) is 4.52 Å². The Kier molecular flexibility index (Phi) is 3.15. The van der Waals surface area contributed by atoms with Gasteiger partial charge >= 0.3 is 18.0 Å². The zero-order valence-electron chi connectivity index (χ0n) is 10.6. The minimum atomic E-state index is -4.40. The predicted octanol–water partition coefficient (Wildman–Crippen LogP) is 2.65. The van der Waals surface area contributed by atoms with Crippen molar-refractivity contribution in [1.29, 1.82) is 0 Å². The minimum absolute atomic E-state index is 0.0738. The van der Waals surface area contributed by atoms with E-state index in [9.17, 15) is 18.0 Å². The van der Waals surface area contributed by atoms with Crippen molar-refractivity contribution >= 4 is 5.91 Å². The molecule has 110 valence electrons. The number of alkyl halides is 3. The molecule has 21 heavy (non-hydrogen) atoms. The second-order valence-electron chi connectivity index (χ2n) is 4.75. The standard InChI is InChI=1S/C13H10F3N3O2/c14-13(15,16)8-3-1-7(2-4-8)10-18-12(21-19-10)11(20)17-9-5-6-9/h1-4,9H,5-6H2,(H,17,20).